The SMILES string of the molecule is CCCN1C=NNN1C. The largest absolute Gasteiger partial charge is 0.275 e. The normalized spacial score (nSPS) is 18.7. The van der Waals surface area contributed by atoms with Crippen LogP contribution in [0.5, 0.6) is 0 Å². The van der Waals surface area contributed by atoms with Gasteiger partial charge in [-0.1, -0.05) is 6.92 Å². The van der Waals surface area contributed by atoms with Gasteiger partial charge in [-0.15, -0.1) is 5.12 Å². The second kappa shape index (κ2) is 2.68. The zero-order valence-electron chi connectivity index (χ0n) is 5.83. The molecule has 1 rings (SSSR count). The molecule has 52 valence electrons. The van der Waals surface area contributed by atoms with E-state index < -0.39 is 0 Å². The van der Waals surface area contributed by atoms with Crippen molar-refractivity contribution in [1.29, 1.82) is 0 Å². The van der Waals surface area contributed by atoms with Gasteiger partial charge in [0.1, 0.15) is 6.34 Å². The van der Waals surface area contributed by atoms with Crippen LogP contribution in [-0.2, 0) is 0 Å². The van der Waals surface area contributed by atoms with E-state index in [1.54, 1.807) is 6.34 Å². The number of hydrogen-bond acceptors (Lipinski definition) is 4. The third kappa shape index (κ3) is 1.32. The minimum Gasteiger partial charge on any atom is -0.275 e. The van der Waals surface area contributed by atoms with Crippen molar-refractivity contribution in [2.24, 2.45) is 5.10 Å². The second-order valence-corrected chi connectivity index (χ2v) is 2.03. The molecule has 9 heavy (non-hydrogen) atoms. The lowest BCUT2D eigenvalue weighted by Gasteiger charge is -2.21. The van der Waals surface area contributed by atoms with E-state index in [1.807, 2.05) is 17.2 Å². The van der Waals surface area contributed by atoms with E-state index in [9.17, 15) is 0 Å². The first-order valence-electron chi connectivity index (χ1n) is 3.13. The Morgan fingerprint density at radius 2 is 2.44 bits per heavy atom. The highest BCUT2D eigenvalue weighted by Crippen LogP contribution is 1.94. The van der Waals surface area contributed by atoms with Crippen LogP contribution in [-0.4, -0.2) is 30.1 Å². The van der Waals surface area contributed by atoms with Crippen LogP contribution in [0.1, 0.15) is 13.3 Å². The zero-order valence-corrected chi connectivity index (χ0v) is 5.83. The van der Waals surface area contributed by atoms with E-state index in [0.717, 1.165) is 13.0 Å². The summed E-state index contributed by atoms with van der Waals surface area (Å²) >= 11 is 0. The van der Waals surface area contributed by atoms with Gasteiger partial charge in [0.25, 0.3) is 0 Å². The minimum atomic E-state index is 1.02. The summed E-state index contributed by atoms with van der Waals surface area (Å²) in [7, 11) is 1.93. The zero-order chi connectivity index (χ0) is 6.69. The Hall–Kier alpha value is -0.770. The summed E-state index contributed by atoms with van der Waals surface area (Å²) in [6, 6.07) is 0. The van der Waals surface area contributed by atoms with Crippen LogP contribution in [0.4, 0.5) is 0 Å². The van der Waals surface area contributed by atoms with Gasteiger partial charge in [0.05, 0.1) is 0 Å². The van der Waals surface area contributed by atoms with Gasteiger partial charge >= 0.3 is 0 Å². The summed E-state index contributed by atoms with van der Waals surface area (Å²) in [6.07, 6.45) is 2.92. The molecule has 0 aromatic rings. The lowest BCUT2D eigenvalue weighted by molar-refractivity contribution is 0.0513. The molecule has 1 aliphatic heterocycles. The first-order chi connectivity index (χ1) is 4.34. The molecule has 0 fully saturated rings. The molecule has 0 bridgehead atoms. The van der Waals surface area contributed by atoms with Gasteiger partial charge in [0.15, 0.2) is 0 Å². The van der Waals surface area contributed by atoms with Crippen LogP contribution < -0.4 is 5.53 Å². The van der Waals surface area contributed by atoms with E-state index >= 15 is 0 Å². The molecule has 4 nitrogen and oxygen atoms in total. The molecule has 0 atom stereocenters. The Morgan fingerprint density at radius 1 is 1.67 bits per heavy atom. The summed E-state index contributed by atoms with van der Waals surface area (Å²) < 4.78 is 0. The van der Waals surface area contributed by atoms with E-state index in [0.29, 0.717) is 0 Å². The molecular weight excluding hydrogens is 116 g/mol. The molecule has 0 aromatic heterocycles. The smallest absolute Gasteiger partial charge is 0.128 e. The lowest BCUT2D eigenvalue weighted by Crippen LogP contribution is -2.39. The van der Waals surface area contributed by atoms with Gasteiger partial charge in [-0.2, -0.15) is 5.10 Å². The van der Waals surface area contributed by atoms with Gasteiger partial charge in [0, 0.05) is 13.6 Å². The number of rotatable bonds is 2. The Kier molecular flexibility index (Phi) is 1.89. The molecule has 1 aliphatic rings. The van der Waals surface area contributed by atoms with Crippen molar-refractivity contribution in [3.05, 3.63) is 0 Å². The van der Waals surface area contributed by atoms with Gasteiger partial charge in [0.2, 0.25) is 0 Å². The summed E-state index contributed by atoms with van der Waals surface area (Å²) in [5.74, 6) is 0. The summed E-state index contributed by atoms with van der Waals surface area (Å²) in [6.45, 7) is 3.16. The van der Waals surface area contributed by atoms with Crippen molar-refractivity contribution >= 4 is 6.34 Å². The van der Waals surface area contributed by atoms with Crippen molar-refractivity contribution in [2.75, 3.05) is 13.6 Å². The van der Waals surface area contributed by atoms with Gasteiger partial charge < -0.3 is 0 Å². The van der Waals surface area contributed by atoms with Crippen LogP contribution in [0, 0.1) is 0 Å². The van der Waals surface area contributed by atoms with Gasteiger partial charge in [-0.25, -0.2) is 5.53 Å². The summed E-state index contributed by atoms with van der Waals surface area (Å²) in [4.78, 5) is 0. The van der Waals surface area contributed by atoms with Crippen molar-refractivity contribution in [2.45, 2.75) is 13.3 Å². The highest BCUT2D eigenvalue weighted by Gasteiger charge is 2.08. The van der Waals surface area contributed by atoms with E-state index in [2.05, 4.69) is 17.6 Å². The number of nitrogens with zero attached hydrogens (tertiary/aromatic N) is 3. The second-order valence-electron chi connectivity index (χ2n) is 2.03. The molecule has 0 saturated carbocycles. The molecule has 0 radical (unpaired) electrons. The average Bonchev–Trinajstić information content (AvgIpc) is 2.18. The van der Waals surface area contributed by atoms with Crippen LogP contribution in [0.2, 0.25) is 0 Å². The number of hydrogen-bond donors (Lipinski definition) is 1. The fourth-order valence-corrected chi connectivity index (χ4v) is 0.748. The van der Waals surface area contributed by atoms with Gasteiger partial charge in [-0.3, -0.25) is 5.01 Å². The highest BCUT2D eigenvalue weighted by atomic mass is 15.9. The van der Waals surface area contributed by atoms with Crippen LogP contribution in [0.25, 0.3) is 0 Å². The van der Waals surface area contributed by atoms with Crippen LogP contribution in [0.3, 0.4) is 0 Å². The van der Waals surface area contributed by atoms with E-state index in [1.165, 1.54) is 0 Å². The van der Waals surface area contributed by atoms with Crippen molar-refractivity contribution in [3.8, 4) is 0 Å². The third-order valence-electron chi connectivity index (χ3n) is 1.23. The topological polar surface area (TPSA) is 30.9 Å². The average molecular weight is 128 g/mol. The number of hydrazine groups is 2. The van der Waals surface area contributed by atoms with E-state index in [-0.39, 0.29) is 0 Å². The fraction of sp³-hybridized carbons (Fsp3) is 0.800. The predicted molar refractivity (Wildman–Crippen MR) is 36.4 cm³/mol. The Balaban J connectivity index is 2.31. The number of hydrazone groups is 1. The van der Waals surface area contributed by atoms with Crippen molar-refractivity contribution in [3.63, 3.8) is 0 Å². The minimum absolute atomic E-state index is 1.02. The van der Waals surface area contributed by atoms with E-state index in [4.69, 9.17) is 0 Å². The maximum Gasteiger partial charge on any atom is 0.128 e. The maximum absolute atomic E-state index is 3.84. The Bertz CT molecular complexity index is 112. The first kappa shape index (κ1) is 6.35. The molecule has 0 saturated heterocycles. The first-order valence-corrected chi connectivity index (χ1v) is 3.13. The monoisotopic (exact) mass is 128 g/mol. The maximum atomic E-state index is 3.84. The molecule has 0 unspecified atom stereocenters. The molecule has 0 aliphatic carbocycles. The number of nitrogens with one attached hydrogen (secondary N) is 1. The third-order valence-corrected chi connectivity index (χ3v) is 1.23. The molecule has 4 heteroatoms. The molecule has 0 spiro atoms. The highest BCUT2D eigenvalue weighted by molar-refractivity contribution is 5.54. The van der Waals surface area contributed by atoms with Gasteiger partial charge in [-0.05, 0) is 6.42 Å². The van der Waals surface area contributed by atoms with Crippen LogP contribution >= 0.6 is 0 Å². The van der Waals surface area contributed by atoms with Crippen LogP contribution in [0.15, 0.2) is 5.10 Å². The Labute approximate surface area is 55.1 Å². The molecule has 1 N–H and O–H groups in total. The quantitative estimate of drug-likeness (QED) is 0.568. The summed E-state index contributed by atoms with van der Waals surface area (Å²) in [5, 5.41) is 7.71. The predicted octanol–water partition coefficient (Wildman–Crippen LogP) is 0.00670. The van der Waals surface area contributed by atoms with Crippen molar-refractivity contribution < 1.29 is 0 Å². The summed E-state index contributed by atoms with van der Waals surface area (Å²) in [5.41, 5.74) is 2.78. The molecular formula is C5H12N4. The molecule has 1 heterocycles. The van der Waals surface area contributed by atoms with Crippen molar-refractivity contribution in [1.82, 2.24) is 15.7 Å². The Morgan fingerprint density at radius 3 is 2.89 bits per heavy atom. The molecule has 0 amide bonds. The molecule has 0 aromatic carbocycles. The standard InChI is InChI=1S/C5H12N4/c1-3-4-9-5-6-7-8(9)2/h5,7H,3-4H2,1-2H3. The fourth-order valence-electron chi connectivity index (χ4n) is 0.748. The lowest BCUT2D eigenvalue weighted by atomic mass is 10.5.